The normalized spacial score (nSPS) is 10.1. The summed E-state index contributed by atoms with van der Waals surface area (Å²) >= 11 is 5.92. The van der Waals surface area contributed by atoms with Gasteiger partial charge in [0.2, 0.25) is 11.8 Å². The van der Waals surface area contributed by atoms with Gasteiger partial charge in [0, 0.05) is 10.7 Å². The molecule has 0 aliphatic rings. The van der Waals surface area contributed by atoms with Crippen molar-refractivity contribution in [2.75, 3.05) is 17.7 Å². The summed E-state index contributed by atoms with van der Waals surface area (Å²) in [5.41, 5.74) is 2.16. The third-order valence-electron chi connectivity index (χ3n) is 3.43. The molecule has 0 radical (unpaired) electrons. The van der Waals surface area contributed by atoms with Gasteiger partial charge >= 0.3 is 0 Å². The average Bonchev–Trinajstić information content (AvgIpc) is 2.55. The molecule has 2 aromatic rings. The fourth-order valence-electron chi connectivity index (χ4n) is 2.26. The van der Waals surface area contributed by atoms with Gasteiger partial charge in [-0.2, -0.15) is 0 Å². The second-order valence-electron chi connectivity index (χ2n) is 5.13. The number of anilines is 2. The first kappa shape index (κ1) is 17.8. The van der Waals surface area contributed by atoms with E-state index < -0.39 is 5.91 Å². The van der Waals surface area contributed by atoms with Crippen molar-refractivity contribution in [3.05, 3.63) is 53.1 Å². The number of amides is 2. The molecule has 0 bridgehead atoms. The molecule has 126 valence electrons. The second kappa shape index (κ2) is 8.36. The predicted octanol–water partition coefficient (Wildman–Crippen LogP) is 3.88. The third kappa shape index (κ3) is 4.73. The number of methoxy groups -OCH3 is 1. The summed E-state index contributed by atoms with van der Waals surface area (Å²) < 4.78 is 5.16. The number of nitrogens with one attached hydrogen (secondary N) is 2. The summed E-state index contributed by atoms with van der Waals surface area (Å²) in [5.74, 6) is -0.346. The highest BCUT2D eigenvalue weighted by Crippen LogP contribution is 2.27. The van der Waals surface area contributed by atoms with Crippen molar-refractivity contribution in [3.63, 3.8) is 0 Å². The minimum atomic E-state index is -0.443. The molecule has 2 N–H and O–H groups in total. The van der Waals surface area contributed by atoms with Gasteiger partial charge in [-0.3, -0.25) is 9.59 Å². The lowest BCUT2D eigenvalue weighted by molar-refractivity contribution is -0.123. The maximum atomic E-state index is 12.1. The predicted molar refractivity (Wildman–Crippen MR) is 95.7 cm³/mol. The Morgan fingerprint density at radius 1 is 1.04 bits per heavy atom. The maximum Gasteiger partial charge on any atom is 0.233 e. The number of carbonyl (C=O) groups excluding carboxylic acids is 2. The first-order valence-corrected chi connectivity index (χ1v) is 7.92. The van der Waals surface area contributed by atoms with E-state index in [1.54, 1.807) is 18.2 Å². The number of hydrogen-bond donors (Lipinski definition) is 2. The number of benzene rings is 2. The lowest BCUT2D eigenvalue weighted by atomic mass is 10.1. The van der Waals surface area contributed by atoms with Crippen molar-refractivity contribution >= 4 is 34.8 Å². The smallest absolute Gasteiger partial charge is 0.233 e. The van der Waals surface area contributed by atoms with Crippen LogP contribution >= 0.6 is 11.6 Å². The summed E-state index contributed by atoms with van der Waals surface area (Å²) in [6, 6.07) is 12.4. The molecular formula is C18H19ClN2O3. The van der Waals surface area contributed by atoms with Gasteiger partial charge in [-0.05, 0) is 36.2 Å². The highest BCUT2D eigenvalue weighted by Gasteiger charge is 2.13. The van der Waals surface area contributed by atoms with E-state index in [0.717, 1.165) is 17.7 Å². The largest absolute Gasteiger partial charge is 0.495 e. The zero-order valence-electron chi connectivity index (χ0n) is 13.6. The van der Waals surface area contributed by atoms with Crippen LogP contribution < -0.4 is 15.4 Å². The fourth-order valence-corrected chi connectivity index (χ4v) is 2.44. The summed E-state index contributed by atoms with van der Waals surface area (Å²) in [7, 11) is 1.49. The van der Waals surface area contributed by atoms with Gasteiger partial charge in [0.05, 0.1) is 12.8 Å². The van der Waals surface area contributed by atoms with Crippen molar-refractivity contribution in [3.8, 4) is 5.75 Å². The summed E-state index contributed by atoms with van der Waals surface area (Å²) in [4.78, 5) is 24.1. The molecule has 24 heavy (non-hydrogen) atoms. The molecule has 2 rings (SSSR count). The Balaban J connectivity index is 1.99. The Bertz CT molecular complexity index is 747. The molecule has 0 heterocycles. The van der Waals surface area contributed by atoms with Crippen LogP contribution in [0.2, 0.25) is 5.02 Å². The maximum absolute atomic E-state index is 12.1. The number of carbonyl (C=O) groups is 2. The topological polar surface area (TPSA) is 67.4 Å². The molecule has 0 saturated carbocycles. The molecule has 0 aliphatic carbocycles. The molecule has 5 nitrogen and oxygen atoms in total. The van der Waals surface area contributed by atoms with Gasteiger partial charge in [-0.1, -0.05) is 36.7 Å². The van der Waals surface area contributed by atoms with Gasteiger partial charge in [0.1, 0.15) is 12.2 Å². The number of rotatable bonds is 6. The van der Waals surface area contributed by atoms with Crippen LogP contribution in [0, 0.1) is 0 Å². The minimum Gasteiger partial charge on any atom is -0.495 e. The Hall–Kier alpha value is -2.53. The van der Waals surface area contributed by atoms with Crippen molar-refractivity contribution in [2.24, 2.45) is 0 Å². The number of halogens is 1. The van der Waals surface area contributed by atoms with E-state index in [2.05, 4.69) is 10.6 Å². The highest BCUT2D eigenvalue weighted by molar-refractivity contribution is 6.31. The Morgan fingerprint density at radius 3 is 2.38 bits per heavy atom. The second-order valence-corrected chi connectivity index (χ2v) is 5.56. The van der Waals surface area contributed by atoms with Crippen LogP contribution in [0.5, 0.6) is 5.75 Å². The van der Waals surface area contributed by atoms with Crippen LogP contribution in [0.4, 0.5) is 11.4 Å². The fraction of sp³-hybridized carbons (Fsp3) is 0.222. The SMILES string of the molecule is CCc1ccccc1NC(=O)CC(=O)Nc1cc(Cl)ccc1OC. The first-order valence-electron chi connectivity index (χ1n) is 7.54. The van der Waals surface area contributed by atoms with Gasteiger partial charge < -0.3 is 15.4 Å². The van der Waals surface area contributed by atoms with E-state index in [0.29, 0.717) is 16.5 Å². The van der Waals surface area contributed by atoms with Gasteiger partial charge in [-0.15, -0.1) is 0 Å². The average molecular weight is 347 g/mol. The van der Waals surface area contributed by atoms with E-state index in [4.69, 9.17) is 16.3 Å². The lowest BCUT2D eigenvalue weighted by Crippen LogP contribution is -2.22. The molecule has 2 amide bonds. The van der Waals surface area contributed by atoms with E-state index in [1.807, 2.05) is 31.2 Å². The van der Waals surface area contributed by atoms with Crippen molar-refractivity contribution in [1.29, 1.82) is 0 Å². The number of para-hydroxylation sites is 1. The van der Waals surface area contributed by atoms with Crippen LogP contribution in [0.1, 0.15) is 18.9 Å². The van der Waals surface area contributed by atoms with Gasteiger partial charge in [0.25, 0.3) is 0 Å². The molecule has 6 heteroatoms. The monoisotopic (exact) mass is 346 g/mol. The molecular weight excluding hydrogens is 328 g/mol. The molecule has 0 aromatic heterocycles. The molecule has 0 spiro atoms. The van der Waals surface area contributed by atoms with E-state index in [1.165, 1.54) is 7.11 Å². The number of aryl methyl sites for hydroxylation is 1. The van der Waals surface area contributed by atoms with Crippen LogP contribution in [0.15, 0.2) is 42.5 Å². The minimum absolute atomic E-state index is 0.298. The van der Waals surface area contributed by atoms with Gasteiger partial charge in [-0.25, -0.2) is 0 Å². The van der Waals surface area contributed by atoms with Gasteiger partial charge in [0.15, 0.2) is 0 Å². The third-order valence-corrected chi connectivity index (χ3v) is 3.66. The zero-order valence-corrected chi connectivity index (χ0v) is 14.3. The Kier molecular flexibility index (Phi) is 6.21. The summed E-state index contributed by atoms with van der Waals surface area (Å²) in [6.45, 7) is 2.00. The quantitative estimate of drug-likeness (QED) is 0.780. The van der Waals surface area contributed by atoms with Crippen molar-refractivity contribution in [1.82, 2.24) is 0 Å². The molecule has 2 aromatic carbocycles. The molecule has 0 aliphatic heterocycles. The lowest BCUT2D eigenvalue weighted by Gasteiger charge is -2.12. The van der Waals surface area contributed by atoms with Crippen LogP contribution in [0.3, 0.4) is 0 Å². The first-order chi connectivity index (χ1) is 11.5. The summed E-state index contributed by atoms with van der Waals surface area (Å²) in [6.07, 6.45) is 0.496. The number of hydrogen-bond acceptors (Lipinski definition) is 3. The number of ether oxygens (including phenoxy) is 1. The molecule has 0 fully saturated rings. The standard InChI is InChI=1S/C18H19ClN2O3/c1-3-12-6-4-5-7-14(12)20-17(22)11-18(23)21-15-10-13(19)8-9-16(15)24-2/h4-10H,3,11H2,1-2H3,(H,20,22)(H,21,23). The Morgan fingerprint density at radius 2 is 1.71 bits per heavy atom. The van der Waals surface area contributed by atoms with E-state index in [-0.39, 0.29) is 12.3 Å². The summed E-state index contributed by atoms with van der Waals surface area (Å²) in [5, 5.41) is 5.86. The van der Waals surface area contributed by atoms with Crippen molar-refractivity contribution < 1.29 is 14.3 Å². The highest BCUT2D eigenvalue weighted by atomic mass is 35.5. The van der Waals surface area contributed by atoms with Crippen molar-refractivity contribution in [2.45, 2.75) is 19.8 Å². The van der Waals surface area contributed by atoms with E-state index in [9.17, 15) is 9.59 Å². The Labute approximate surface area is 146 Å². The van der Waals surface area contributed by atoms with Crippen LogP contribution in [-0.4, -0.2) is 18.9 Å². The van der Waals surface area contributed by atoms with Crippen LogP contribution in [0.25, 0.3) is 0 Å². The molecule has 0 atom stereocenters. The molecule has 0 saturated heterocycles. The van der Waals surface area contributed by atoms with Crippen LogP contribution in [-0.2, 0) is 16.0 Å². The van der Waals surface area contributed by atoms with E-state index >= 15 is 0 Å². The zero-order chi connectivity index (χ0) is 17.5. The molecule has 0 unspecified atom stereocenters.